The van der Waals surface area contributed by atoms with E-state index in [4.69, 9.17) is 9.47 Å². The molecule has 110 valence electrons. The van der Waals surface area contributed by atoms with Crippen molar-refractivity contribution < 1.29 is 14.3 Å². The Morgan fingerprint density at radius 2 is 2.19 bits per heavy atom. The molecule has 2 aromatic rings. The van der Waals surface area contributed by atoms with Crippen molar-refractivity contribution in [3.05, 3.63) is 36.2 Å². The second-order valence-electron chi connectivity index (χ2n) is 4.35. The van der Waals surface area contributed by atoms with Gasteiger partial charge in [0.1, 0.15) is 12.1 Å². The van der Waals surface area contributed by atoms with Gasteiger partial charge in [-0.15, -0.1) is 5.10 Å². The Hall–Kier alpha value is -2.63. The summed E-state index contributed by atoms with van der Waals surface area (Å²) in [5.41, 5.74) is 1.91. The molecular formula is C15H17N3O3. The zero-order valence-corrected chi connectivity index (χ0v) is 12.2. The molecule has 0 spiro atoms. The molecule has 21 heavy (non-hydrogen) atoms. The summed E-state index contributed by atoms with van der Waals surface area (Å²) in [6, 6.07) is 5.76. The highest BCUT2D eigenvalue weighted by Crippen LogP contribution is 2.23. The largest absolute Gasteiger partial charge is 0.497 e. The van der Waals surface area contributed by atoms with Crippen LogP contribution in [-0.2, 0) is 9.53 Å². The molecule has 0 aliphatic carbocycles. The van der Waals surface area contributed by atoms with Crippen LogP contribution in [0.25, 0.3) is 17.6 Å². The first-order valence-corrected chi connectivity index (χ1v) is 6.54. The predicted octanol–water partition coefficient (Wildman–Crippen LogP) is 2.30. The van der Waals surface area contributed by atoms with E-state index in [0.29, 0.717) is 12.4 Å². The van der Waals surface area contributed by atoms with Crippen LogP contribution in [0.1, 0.15) is 12.5 Å². The number of carbonyl (C=O) groups excluding carboxylic acids is 1. The number of hydrogen-bond acceptors (Lipinski definition) is 5. The van der Waals surface area contributed by atoms with Gasteiger partial charge in [0.15, 0.2) is 5.82 Å². The highest BCUT2D eigenvalue weighted by Gasteiger charge is 2.06. The zero-order valence-electron chi connectivity index (χ0n) is 12.2. The summed E-state index contributed by atoms with van der Waals surface area (Å²) >= 11 is 0. The molecule has 0 saturated heterocycles. The van der Waals surface area contributed by atoms with Gasteiger partial charge in [0.2, 0.25) is 0 Å². The Kier molecular flexibility index (Phi) is 4.71. The topological polar surface area (TPSA) is 66.2 Å². The Balaban J connectivity index is 2.20. The molecule has 2 rings (SSSR count). The summed E-state index contributed by atoms with van der Waals surface area (Å²) in [6.45, 7) is 4.07. The first-order chi connectivity index (χ1) is 10.1. The lowest BCUT2D eigenvalue weighted by Gasteiger charge is -2.03. The average Bonchev–Trinajstić information content (AvgIpc) is 2.93. The Labute approximate surface area is 123 Å². The average molecular weight is 287 g/mol. The molecule has 0 atom stereocenters. The van der Waals surface area contributed by atoms with Gasteiger partial charge < -0.3 is 9.47 Å². The van der Waals surface area contributed by atoms with Crippen LogP contribution in [0.4, 0.5) is 0 Å². The van der Waals surface area contributed by atoms with Crippen LogP contribution in [0.15, 0.2) is 30.6 Å². The van der Waals surface area contributed by atoms with Gasteiger partial charge >= 0.3 is 5.97 Å². The van der Waals surface area contributed by atoms with Gasteiger partial charge in [-0.1, -0.05) is 0 Å². The molecule has 6 nitrogen and oxygen atoms in total. The van der Waals surface area contributed by atoms with E-state index in [0.717, 1.165) is 16.9 Å². The molecule has 0 aliphatic heterocycles. The normalized spacial score (nSPS) is 10.8. The van der Waals surface area contributed by atoms with Crippen molar-refractivity contribution in [2.24, 2.45) is 0 Å². The fourth-order valence-electron chi connectivity index (χ4n) is 1.80. The first-order valence-electron chi connectivity index (χ1n) is 6.54. The molecule has 1 aromatic carbocycles. The van der Waals surface area contributed by atoms with Crippen molar-refractivity contribution in [2.75, 3.05) is 13.7 Å². The number of aromatic nitrogens is 3. The smallest absolute Gasteiger partial charge is 0.332 e. The number of nitrogens with zero attached hydrogens (tertiary/aromatic N) is 3. The lowest BCUT2D eigenvalue weighted by molar-refractivity contribution is -0.137. The van der Waals surface area contributed by atoms with E-state index in [1.165, 1.54) is 23.3 Å². The van der Waals surface area contributed by atoms with Crippen molar-refractivity contribution in [1.29, 1.82) is 0 Å². The summed E-state index contributed by atoms with van der Waals surface area (Å²) in [6.07, 6.45) is 4.33. The molecule has 0 saturated carbocycles. The highest BCUT2D eigenvalue weighted by molar-refractivity contribution is 5.84. The van der Waals surface area contributed by atoms with Gasteiger partial charge in [-0.25, -0.2) is 14.5 Å². The van der Waals surface area contributed by atoms with Crippen LogP contribution >= 0.6 is 0 Å². The number of aryl methyl sites for hydroxylation is 1. The predicted molar refractivity (Wildman–Crippen MR) is 78.7 cm³/mol. The lowest BCUT2D eigenvalue weighted by Crippen LogP contribution is -2.00. The van der Waals surface area contributed by atoms with E-state index in [1.54, 1.807) is 14.0 Å². The van der Waals surface area contributed by atoms with Crippen LogP contribution in [0.2, 0.25) is 0 Å². The molecule has 0 radical (unpaired) electrons. The minimum Gasteiger partial charge on any atom is -0.497 e. The maximum atomic E-state index is 11.2. The van der Waals surface area contributed by atoms with Gasteiger partial charge in [0.05, 0.1) is 13.7 Å². The fourth-order valence-corrected chi connectivity index (χ4v) is 1.80. The minimum atomic E-state index is -0.410. The number of carbonyl (C=O) groups is 1. The molecule has 1 heterocycles. The fraction of sp³-hybridized carbons (Fsp3) is 0.267. The lowest BCUT2D eigenvalue weighted by atomic mass is 10.1. The highest BCUT2D eigenvalue weighted by atomic mass is 16.5. The third kappa shape index (κ3) is 3.92. The standard InChI is InChI=1S/C15H17N3O3/c1-4-21-14(19)5-6-18-10-16-15(17-18)12-7-11(2)8-13(9-12)20-3/h5-10H,4H2,1-3H3/b6-5-. The van der Waals surface area contributed by atoms with E-state index in [2.05, 4.69) is 10.1 Å². The van der Waals surface area contributed by atoms with E-state index < -0.39 is 5.97 Å². The van der Waals surface area contributed by atoms with Gasteiger partial charge in [-0.3, -0.25) is 0 Å². The van der Waals surface area contributed by atoms with Crippen molar-refractivity contribution >= 4 is 12.2 Å². The van der Waals surface area contributed by atoms with Crippen LogP contribution < -0.4 is 4.74 Å². The number of esters is 1. The second kappa shape index (κ2) is 6.69. The number of ether oxygens (including phenoxy) is 2. The van der Waals surface area contributed by atoms with Crippen molar-refractivity contribution in [1.82, 2.24) is 14.8 Å². The Bertz CT molecular complexity index is 662. The molecule has 0 amide bonds. The minimum absolute atomic E-state index is 0.342. The van der Waals surface area contributed by atoms with Crippen molar-refractivity contribution in [2.45, 2.75) is 13.8 Å². The summed E-state index contributed by atoms with van der Waals surface area (Å²) in [4.78, 5) is 15.5. The van der Waals surface area contributed by atoms with Gasteiger partial charge in [0, 0.05) is 17.8 Å². The maximum absolute atomic E-state index is 11.2. The Morgan fingerprint density at radius 1 is 1.38 bits per heavy atom. The monoisotopic (exact) mass is 287 g/mol. The summed E-state index contributed by atoms with van der Waals surface area (Å²) in [5.74, 6) is 0.903. The SMILES string of the molecule is CCOC(=O)/C=C\n1cnc(-c2cc(C)cc(OC)c2)n1. The van der Waals surface area contributed by atoms with Crippen LogP contribution in [0.3, 0.4) is 0 Å². The first kappa shape index (κ1) is 14.8. The third-order valence-corrected chi connectivity index (χ3v) is 2.70. The molecule has 0 aliphatic rings. The van der Waals surface area contributed by atoms with Crippen molar-refractivity contribution in [3.63, 3.8) is 0 Å². The number of rotatable bonds is 5. The summed E-state index contributed by atoms with van der Waals surface area (Å²) in [5, 5.41) is 4.28. The second-order valence-corrected chi connectivity index (χ2v) is 4.35. The molecule has 1 aromatic heterocycles. The zero-order chi connectivity index (χ0) is 15.2. The molecule has 0 fully saturated rings. The quantitative estimate of drug-likeness (QED) is 0.623. The van der Waals surface area contributed by atoms with E-state index in [-0.39, 0.29) is 0 Å². The summed E-state index contributed by atoms with van der Waals surface area (Å²) in [7, 11) is 1.62. The van der Waals surface area contributed by atoms with Crippen LogP contribution in [0.5, 0.6) is 5.75 Å². The molecular weight excluding hydrogens is 270 g/mol. The van der Waals surface area contributed by atoms with Gasteiger partial charge in [-0.2, -0.15) is 0 Å². The number of methoxy groups -OCH3 is 1. The van der Waals surface area contributed by atoms with Gasteiger partial charge in [0.25, 0.3) is 0 Å². The van der Waals surface area contributed by atoms with E-state index in [1.807, 2.05) is 25.1 Å². The summed E-state index contributed by atoms with van der Waals surface area (Å²) < 4.78 is 11.5. The van der Waals surface area contributed by atoms with E-state index in [9.17, 15) is 4.79 Å². The van der Waals surface area contributed by atoms with Gasteiger partial charge in [-0.05, 0) is 37.6 Å². The van der Waals surface area contributed by atoms with Crippen LogP contribution in [-0.4, -0.2) is 34.5 Å². The van der Waals surface area contributed by atoms with E-state index >= 15 is 0 Å². The molecule has 0 unspecified atom stereocenters. The molecule has 0 bridgehead atoms. The Morgan fingerprint density at radius 3 is 2.90 bits per heavy atom. The number of benzene rings is 1. The maximum Gasteiger partial charge on any atom is 0.332 e. The molecule has 0 N–H and O–H groups in total. The van der Waals surface area contributed by atoms with Crippen molar-refractivity contribution in [3.8, 4) is 17.1 Å². The van der Waals surface area contributed by atoms with Crippen LogP contribution in [0, 0.1) is 6.92 Å². The molecule has 6 heteroatoms. The third-order valence-electron chi connectivity index (χ3n) is 2.70. The number of hydrogen-bond donors (Lipinski definition) is 0.